The van der Waals surface area contributed by atoms with Gasteiger partial charge in [-0.1, -0.05) is 41.4 Å². The number of benzene rings is 2. The number of phenols is 1. The van der Waals surface area contributed by atoms with Gasteiger partial charge in [0.1, 0.15) is 5.75 Å². The van der Waals surface area contributed by atoms with E-state index in [-0.39, 0.29) is 24.1 Å². The number of nitrogens with one attached hydrogen (secondary N) is 1. The van der Waals surface area contributed by atoms with E-state index < -0.39 is 11.0 Å². The van der Waals surface area contributed by atoms with Gasteiger partial charge in [0.25, 0.3) is 0 Å². The number of phenolic OH excluding ortho intramolecular Hbond substituents is 1. The Morgan fingerprint density at radius 1 is 1.09 bits per heavy atom. The fourth-order valence-electron chi connectivity index (χ4n) is 6.12. The van der Waals surface area contributed by atoms with Crippen LogP contribution in [0.25, 0.3) is 0 Å². The average Bonchev–Trinajstić information content (AvgIpc) is 3.60. The standard InChI is InChI=1S/C27H32Cl2N2O3/c28-23-7-6-19(12-24(23)29)13-25(33)30-21-8-9-27(34)17-31(16-18-4-5-18)11-10-26(27,15-21)20-2-1-3-22(32)14-20/h1-3,6-7,12,14,18,21,32,34H,4-5,8-11,13,15-17H2,(H,30,33)/t21-,26?,27?/m1/s1. The van der Waals surface area contributed by atoms with E-state index in [9.17, 15) is 15.0 Å². The van der Waals surface area contributed by atoms with Crippen molar-refractivity contribution in [1.82, 2.24) is 10.2 Å². The van der Waals surface area contributed by atoms with Gasteiger partial charge in [-0.05, 0) is 86.4 Å². The normalized spacial score (nSPS) is 29.4. The lowest BCUT2D eigenvalue weighted by molar-refractivity contribution is -0.133. The molecule has 2 aromatic rings. The zero-order chi connectivity index (χ0) is 23.9. The highest BCUT2D eigenvalue weighted by Gasteiger charge is 2.57. The van der Waals surface area contributed by atoms with Gasteiger partial charge in [-0.2, -0.15) is 0 Å². The van der Waals surface area contributed by atoms with E-state index in [0.29, 0.717) is 29.4 Å². The van der Waals surface area contributed by atoms with Gasteiger partial charge in [0.2, 0.25) is 5.91 Å². The molecule has 0 radical (unpaired) electrons. The molecule has 5 nitrogen and oxygen atoms in total. The topological polar surface area (TPSA) is 72.8 Å². The lowest BCUT2D eigenvalue weighted by atomic mass is 9.55. The Labute approximate surface area is 211 Å². The highest BCUT2D eigenvalue weighted by atomic mass is 35.5. The van der Waals surface area contributed by atoms with Gasteiger partial charge in [-0.15, -0.1) is 0 Å². The number of β-amino-alcohol motifs (C(OH)–C–C–N with tert-alkyl or cyclic N) is 1. The first kappa shape index (κ1) is 23.9. The summed E-state index contributed by atoms with van der Waals surface area (Å²) in [5, 5.41) is 26.4. The number of nitrogens with zero attached hydrogens (tertiary/aromatic N) is 1. The molecule has 3 fully saturated rings. The van der Waals surface area contributed by atoms with Crippen LogP contribution in [0.3, 0.4) is 0 Å². The average molecular weight is 503 g/mol. The molecule has 1 heterocycles. The van der Waals surface area contributed by atoms with Crippen molar-refractivity contribution in [2.75, 3.05) is 19.6 Å². The van der Waals surface area contributed by atoms with Crippen molar-refractivity contribution in [3.63, 3.8) is 0 Å². The molecule has 2 aromatic carbocycles. The number of amides is 1. The van der Waals surface area contributed by atoms with Crippen LogP contribution in [0.4, 0.5) is 0 Å². The first-order valence-corrected chi connectivity index (χ1v) is 13.0. The van der Waals surface area contributed by atoms with E-state index in [1.54, 1.807) is 24.3 Å². The molecular formula is C27H32Cl2N2O3. The van der Waals surface area contributed by atoms with Crippen LogP contribution in [0, 0.1) is 5.92 Å². The third-order valence-corrected chi connectivity index (χ3v) is 8.80. The Morgan fingerprint density at radius 2 is 1.91 bits per heavy atom. The third-order valence-electron chi connectivity index (χ3n) is 8.06. The van der Waals surface area contributed by atoms with Crippen molar-refractivity contribution in [3.8, 4) is 5.75 Å². The van der Waals surface area contributed by atoms with E-state index >= 15 is 0 Å². The van der Waals surface area contributed by atoms with E-state index in [1.807, 2.05) is 18.2 Å². The molecule has 1 aliphatic heterocycles. The maximum absolute atomic E-state index is 12.9. The summed E-state index contributed by atoms with van der Waals surface area (Å²) in [5.41, 5.74) is 0.379. The van der Waals surface area contributed by atoms with Crippen molar-refractivity contribution in [2.45, 2.75) is 62.0 Å². The number of aliphatic hydroxyl groups is 1. The van der Waals surface area contributed by atoms with Crippen LogP contribution in [0.5, 0.6) is 5.75 Å². The lowest BCUT2D eigenvalue weighted by Gasteiger charge is -2.58. The number of piperidine rings is 1. The fourth-order valence-corrected chi connectivity index (χ4v) is 6.44. The van der Waals surface area contributed by atoms with Gasteiger partial charge in [-0.3, -0.25) is 4.79 Å². The second-order valence-corrected chi connectivity index (χ2v) is 11.3. The molecule has 182 valence electrons. The Kier molecular flexibility index (Phi) is 6.58. The summed E-state index contributed by atoms with van der Waals surface area (Å²) < 4.78 is 0. The van der Waals surface area contributed by atoms with Gasteiger partial charge in [0.15, 0.2) is 0 Å². The number of hydrogen-bond donors (Lipinski definition) is 3. The van der Waals surface area contributed by atoms with Crippen molar-refractivity contribution >= 4 is 29.1 Å². The molecule has 3 aliphatic rings. The molecule has 2 aliphatic carbocycles. The van der Waals surface area contributed by atoms with Gasteiger partial charge >= 0.3 is 0 Å². The highest BCUT2D eigenvalue weighted by molar-refractivity contribution is 6.42. The quantitative estimate of drug-likeness (QED) is 0.535. The summed E-state index contributed by atoms with van der Waals surface area (Å²) in [6.45, 7) is 2.61. The number of carbonyl (C=O) groups excluding carboxylic acids is 1. The molecule has 5 rings (SSSR count). The highest BCUT2D eigenvalue weighted by Crippen LogP contribution is 2.52. The molecule has 1 amide bonds. The zero-order valence-corrected chi connectivity index (χ0v) is 20.8. The number of fused-ring (bicyclic) bond motifs is 1. The van der Waals surface area contributed by atoms with E-state index in [4.69, 9.17) is 23.2 Å². The monoisotopic (exact) mass is 502 g/mol. The predicted molar refractivity (Wildman–Crippen MR) is 134 cm³/mol. The Morgan fingerprint density at radius 3 is 2.65 bits per heavy atom. The van der Waals surface area contributed by atoms with Crippen molar-refractivity contribution in [2.24, 2.45) is 5.92 Å². The molecule has 3 atom stereocenters. The lowest BCUT2D eigenvalue weighted by Crippen LogP contribution is -2.67. The molecule has 0 aromatic heterocycles. The Balaban J connectivity index is 1.35. The van der Waals surface area contributed by atoms with Crippen LogP contribution in [-0.2, 0) is 16.6 Å². The third kappa shape index (κ3) is 4.81. The fraction of sp³-hybridized carbons (Fsp3) is 0.519. The predicted octanol–water partition coefficient (Wildman–Crippen LogP) is 4.70. The van der Waals surface area contributed by atoms with Crippen molar-refractivity contribution in [1.29, 1.82) is 0 Å². The maximum Gasteiger partial charge on any atom is 0.224 e. The van der Waals surface area contributed by atoms with E-state index in [0.717, 1.165) is 43.0 Å². The number of hydrogen-bond acceptors (Lipinski definition) is 4. The van der Waals surface area contributed by atoms with Crippen molar-refractivity contribution in [3.05, 3.63) is 63.6 Å². The van der Waals surface area contributed by atoms with Crippen LogP contribution in [-0.4, -0.2) is 52.3 Å². The summed E-state index contributed by atoms with van der Waals surface area (Å²) in [7, 11) is 0. The van der Waals surface area contributed by atoms with Gasteiger partial charge in [0, 0.05) is 24.5 Å². The molecule has 7 heteroatoms. The number of likely N-dealkylation sites (tertiary alicyclic amines) is 1. The van der Waals surface area contributed by atoms with Gasteiger partial charge in [-0.25, -0.2) is 0 Å². The Bertz CT molecular complexity index is 1080. The number of carbonyl (C=O) groups is 1. The van der Waals surface area contributed by atoms with Gasteiger partial charge in [0.05, 0.1) is 22.1 Å². The number of halogens is 2. The van der Waals surface area contributed by atoms with Crippen LogP contribution < -0.4 is 5.32 Å². The molecule has 2 saturated carbocycles. The second kappa shape index (κ2) is 9.34. The molecule has 0 bridgehead atoms. The molecular weight excluding hydrogens is 471 g/mol. The van der Waals surface area contributed by atoms with E-state index in [2.05, 4.69) is 10.2 Å². The maximum atomic E-state index is 12.9. The second-order valence-electron chi connectivity index (χ2n) is 10.5. The number of aromatic hydroxyl groups is 1. The summed E-state index contributed by atoms with van der Waals surface area (Å²) >= 11 is 12.1. The summed E-state index contributed by atoms with van der Waals surface area (Å²) in [6.07, 6.45) is 5.60. The largest absolute Gasteiger partial charge is 0.508 e. The molecule has 3 N–H and O–H groups in total. The molecule has 1 saturated heterocycles. The van der Waals surface area contributed by atoms with Crippen molar-refractivity contribution < 1.29 is 15.0 Å². The van der Waals surface area contributed by atoms with Crippen LogP contribution in [0.2, 0.25) is 10.0 Å². The van der Waals surface area contributed by atoms with Crippen LogP contribution in [0.15, 0.2) is 42.5 Å². The van der Waals surface area contributed by atoms with Crippen LogP contribution >= 0.6 is 23.2 Å². The summed E-state index contributed by atoms with van der Waals surface area (Å²) in [5.74, 6) is 0.917. The SMILES string of the molecule is O=C(Cc1ccc(Cl)c(Cl)c1)N[C@@H]1CCC2(O)CN(CC3CC3)CCC2(c2cccc(O)c2)C1. The molecule has 34 heavy (non-hydrogen) atoms. The zero-order valence-electron chi connectivity index (χ0n) is 19.3. The summed E-state index contributed by atoms with van der Waals surface area (Å²) in [6, 6.07) is 12.5. The van der Waals surface area contributed by atoms with Crippen LogP contribution in [0.1, 0.15) is 49.7 Å². The minimum Gasteiger partial charge on any atom is -0.508 e. The number of rotatable bonds is 6. The first-order chi connectivity index (χ1) is 16.3. The Hall–Kier alpha value is -1.79. The minimum absolute atomic E-state index is 0.0483. The summed E-state index contributed by atoms with van der Waals surface area (Å²) in [4.78, 5) is 15.3. The molecule has 0 spiro atoms. The minimum atomic E-state index is -0.890. The smallest absolute Gasteiger partial charge is 0.224 e. The van der Waals surface area contributed by atoms with E-state index in [1.165, 1.54) is 12.8 Å². The van der Waals surface area contributed by atoms with Gasteiger partial charge < -0.3 is 20.4 Å². The molecule has 2 unspecified atom stereocenters. The first-order valence-electron chi connectivity index (χ1n) is 12.2.